The molecule has 0 heterocycles. The van der Waals surface area contributed by atoms with Crippen LogP contribution in [-0.2, 0) is 4.79 Å². The van der Waals surface area contributed by atoms with Crippen LogP contribution in [0.15, 0.2) is 0 Å². The lowest BCUT2D eigenvalue weighted by Crippen LogP contribution is -2.71. The number of aliphatic hydroxyl groups excluding tert-OH is 1. The number of carbonyl (C=O) groups excluding carboxylic acids is 1. The molecule has 1 amide bonds. The summed E-state index contributed by atoms with van der Waals surface area (Å²) in [6.45, 7) is 13.6. The van der Waals surface area contributed by atoms with Gasteiger partial charge in [0.1, 0.15) is 0 Å². The summed E-state index contributed by atoms with van der Waals surface area (Å²) in [5.74, 6) is 4.07. The quantitative estimate of drug-likeness (QED) is 0.475. The first-order chi connectivity index (χ1) is 15.4. The lowest BCUT2D eigenvalue weighted by molar-refractivity contribution is -0.233. The second kappa shape index (κ2) is 9.12. The molecule has 4 fully saturated rings. The highest BCUT2D eigenvalue weighted by Gasteiger charge is 2.67. The number of fused-ring (bicyclic) bond motifs is 5. The highest BCUT2D eigenvalue weighted by molar-refractivity contribution is 5.73. The van der Waals surface area contributed by atoms with Crippen molar-refractivity contribution in [3.8, 4) is 0 Å². The van der Waals surface area contributed by atoms with Crippen molar-refractivity contribution in [2.75, 3.05) is 0 Å². The van der Waals surface area contributed by atoms with Crippen LogP contribution in [0, 0.1) is 46.3 Å². The van der Waals surface area contributed by atoms with E-state index in [1.165, 1.54) is 44.9 Å². The Hall–Kier alpha value is -0.610. The minimum absolute atomic E-state index is 0.0593. The minimum atomic E-state index is -1.01. The molecule has 4 nitrogen and oxygen atoms in total. The van der Waals surface area contributed by atoms with Crippen LogP contribution in [0.4, 0.5) is 0 Å². The maximum atomic E-state index is 12.2. The molecule has 0 aliphatic heterocycles. The standard InChI is InChI=1S/C29H51NO3/c1-18(2)8-7-9-19(3)23-10-11-24-22-16-26(30-20(4)31)29(33)17-21(32)12-15-28(29,6)25(22)13-14-27(23,24)5/h18-19,21-26,32-33H,7-17H2,1-6H3,(H,30,31)/t19-,21+,22?,23?,24?,25?,26-,27-,28-,29+/m1/s1. The van der Waals surface area contributed by atoms with Gasteiger partial charge in [-0.2, -0.15) is 0 Å². The summed E-state index contributed by atoms with van der Waals surface area (Å²) in [5.41, 5.74) is -0.850. The summed E-state index contributed by atoms with van der Waals surface area (Å²) >= 11 is 0. The third-order valence-corrected chi connectivity index (χ3v) is 11.5. The topological polar surface area (TPSA) is 69.6 Å². The molecule has 0 spiro atoms. The molecule has 10 atom stereocenters. The van der Waals surface area contributed by atoms with Gasteiger partial charge in [-0.25, -0.2) is 0 Å². The van der Waals surface area contributed by atoms with Gasteiger partial charge in [-0.15, -0.1) is 0 Å². The number of rotatable bonds is 6. The van der Waals surface area contributed by atoms with E-state index < -0.39 is 11.7 Å². The maximum Gasteiger partial charge on any atom is 0.217 e. The largest absolute Gasteiger partial charge is 0.393 e. The Kier molecular flexibility index (Phi) is 7.04. The molecule has 4 saturated carbocycles. The predicted octanol–water partition coefficient (Wildman–Crippen LogP) is 5.70. The Morgan fingerprint density at radius 1 is 1.03 bits per heavy atom. The van der Waals surface area contributed by atoms with Gasteiger partial charge in [-0.3, -0.25) is 4.79 Å². The number of amides is 1. The van der Waals surface area contributed by atoms with E-state index in [1.54, 1.807) is 6.92 Å². The van der Waals surface area contributed by atoms with E-state index in [4.69, 9.17) is 0 Å². The van der Waals surface area contributed by atoms with Crippen LogP contribution >= 0.6 is 0 Å². The number of hydrogen-bond acceptors (Lipinski definition) is 3. The molecule has 0 saturated heterocycles. The predicted molar refractivity (Wildman–Crippen MR) is 134 cm³/mol. The molecular formula is C29H51NO3. The fourth-order valence-corrected chi connectivity index (χ4v) is 9.75. The highest BCUT2D eigenvalue weighted by atomic mass is 16.3. The minimum Gasteiger partial charge on any atom is -0.393 e. The molecule has 4 heteroatoms. The van der Waals surface area contributed by atoms with Gasteiger partial charge >= 0.3 is 0 Å². The smallest absolute Gasteiger partial charge is 0.217 e. The monoisotopic (exact) mass is 461 g/mol. The number of carbonyl (C=O) groups is 1. The third kappa shape index (κ3) is 4.20. The van der Waals surface area contributed by atoms with Crippen molar-refractivity contribution in [3.05, 3.63) is 0 Å². The van der Waals surface area contributed by atoms with Crippen LogP contribution in [0.1, 0.15) is 112 Å². The van der Waals surface area contributed by atoms with Crippen molar-refractivity contribution >= 4 is 5.91 Å². The molecule has 190 valence electrons. The van der Waals surface area contributed by atoms with E-state index in [0.717, 1.165) is 37.0 Å². The Labute approximate surface area is 202 Å². The SMILES string of the molecule is CC(=O)N[C@@H]1CC2C3CCC([C@H](C)CCCC(C)C)[C@@]3(C)CCC2[C@@]2(C)CC[C@H](O)C[C@]12O. The fraction of sp³-hybridized carbons (Fsp3) is 0.966. The molecular weight excluding hydrogens is 410 g/mol. The Balaban J connectivity index is 1.58. The van der Waals surface area contributed by atoms with Gasteiger partial charge < -0.3 is 15.5 Å². The molecule has 33 heavy (non-hydrogen) atoms. The first-order valence-electron chi connectivity index (χ1n) is 14.1. The number of hydrogen-bond donors (Lipinski definition) is 3. The summed E-state index contributed by atoms with van der Waals surface area (Å²) in [6.07, 6.45) is 11.6. The average molecular weight is 462 g/mol. The molecule has 4 rings (SSSR count). The summed E-state index contributed by atoms with van der Waals surface area (Å²) in [7, 11) is 0. The Bertz CT molecular complexity index is 724. The first kappa shape index (κ1) is 25.5. The van der Waals surface area contributed by atoms with Gasteiger partial charge in [0, 0.05) is 18.8 Å². The van der Waals surface area contributed by atoms with Crippen LogP contribution in [0.5, 0.6) is 0 Å². The second-order valence-electron chi connectivity index (χ2n) is 13.6. The summed E-state index contributed by atoms with van der Waals surface area (Å²) in [5, 5.41) is 25.7. The van der Waals surface area contributed by atoms with Crippen molar-refractivity contribution in [1.29, 1.82) is 0 Å². The zero-order valence-electron chi connectivity index (χ0n) is 22.2. The van der Waals surface area contributed by atoms with Crippen molar-refractivity contribution in [1.82, 2.24) is 5.32 Å². The molecule has 4 aliphatic rings. The highest BCUT2D eigenvalue weighted by Crippen LogP contribution is 2.69. The van der Waals surface area contributed by atoms with E-state index >= 15 is 0 Å². The van der Waals surface area contributed by atoms with E-state index in [0.29, 0.717) is 29.6 Å². The van der Waals surface area contributed by atoms with Crippen LogP contribution in [0.2, 0.25) is 0 Å². The van der Waals surface area contributed by atoms with Crippen LogP contribution in [0.3, 0.4) is 0 Å². The van der Waals surface area contributed by atoms with Crippen LogP contribution in [-0.4, -0.2) is 33.9 Å². The van der Waals surface area contributed by atoms with Gasteiger partial charge in [0.05, 0.1) is 17.7 Å². The zero-order chi connectivity index (χ0) is 24.2. The maximum absolute atomic E-state index is 12.2. The lowest BCUT2D eigenvalue weighted by atomic mass is 9.42. The number of nitrogens with one attached hydrogen (secondary N) is 1. The van der Waals surface area contributed by atoms with Crippen LogP contribution < -0.4 is 5.32 Å². The van der Waals surface area contributed by atoms with E-state index in [2.05, 4.69) is 39.9 Å². The van der Waals surface area contributed by atoms with E-state index in [1.807, 2.05) is 0 Å². The van der Waals surface area contributed by atoms with E-state index in [9.17, 15) is 15.0 Å². The third-order valence-electron chi connectivity index (χ3n) is 11.5. The van der Waals surface area contributed by atoms with Gasteiger partial charge in [-0.05, 0) is 85.9 Å². The van der Waals surface area contributed by atoms with Crippen molar-refractivity contribution < 1.29 is 15.0 Å². The van der Waals surface area contributed by atoms with Gasteiger partial charge in [-0.1, -0.05) is 53.9 Å². The van der Waals surface area contributed by atoms with Gasteiger partial charge in [0.25, 0.3) is 0 Å². The Morgan fingerprint density at radius 3 is 2.42 bits per heavy atom. The molecule has 0 aromatic heterocycles. The average Bonchev–Trinajstić information content (AvgIpc) is 3.07. The number of aliphatic hydroxyl groups is 2. The summed E-state index contributed by atoms with van der Waals surface area (Å²) in [4.78, 5) is 12.2. The zero-order valence-corrected chi connectivity index (χ0v) is 22.2. The molecule has 0 radical (unpaired) electrons. The van der Waals surface area contributed by atoms with Gasteiger partial charge in [0.15, 0.2) is 0 Å². The van der Waals surface area contributed by atoms with Gasteiger partial charge in [0.2, 0.25) is 5.91 Å². The fourth-order valence-electron chi connectivity index (χ4n) is 9.75. The second-order valence-corrected chi connectivity index (χ2v) is 13.6. The molecule has 4 aliphatic carbocycles. The summed E-state index contributed by atoms with van der Waals surface area (Å²) < 4.78 is 0. The van der Waals surface area contributed by atoms with Crippen LogP contribution in [0.25, 0.3) is 0 Å². The molecule has 0 bridgehead atoms. The molecule has 3 N–H and O–H groups in total. The normalized spacial score (nSPS) is 48.0. The molecule has 4 unspecified atom stereocenters. The summed E-state index contributed by atoms with van der Waals surface area (Å²) in [6, 6.07) is -0.249. The molecule has 0 aromatic carbocycles. The lowest BCUT2D eigenvalue weighted by Gasteiger charge is -2.66. The van der Waals surface area contributed by atoms with Crippen molar-refractivity contribution in [3.63, 3.8) is 0 Å². The first-order valence-corrected chi connectivity index (χ1v) is 14.1. The molecule has 0 aromatic rings. The van der Waals surface area contributed by atoms with Crippen molar-refractivity contribution in [2.24, 2.45) is 46.3 Å². The Morgan fingerprint density at radius 2 is 1.76 bits per heavy atom. The van der Waals surface area contributed by atoms with E-state index in [-0.39, 0.29) is 17.4 Å². The van der Waals surface area contributed by atoms with Crippen molar-refractivity contribution in [2.45, 2.75) is 130 Å².